The van der Waals surface area contributed by atoms with Crippen LogP contribution in [0.1, 0.15) is 33.3 Å². The van der Waals surface area contributed by atoms with Gasteiger partial charge in [0.2, 0.25) is 5.91 Å². The molecule has 1 heterocycles. The zero-order chi connectivity index (χ0) is 11.4. The van der Waals surface area contributed by atoms with Gasteiger partial charge in [-0.3, -0.25) is 9.48 Å². The van der Waals surface area contributed by atoms with E-state index in [0.29, 0.717) is 0 Å². The van der Waals surface area contributed by atoms with Gasteiger partial charge in [0.05, 0.1) is 6.20 Å². The summed E-state index contributed by atoms with van der Waals surface area (Å²) < 4.78 is 1.57. The molecule has 0 bridgehead atoms. The number of nitrogens with zero attached hydrogens (tertiary/aromatic N) is 2. The van der Waals surface area contributed by atoms with Gasteiger partial charge in [0.25, 0.3) is 0 Å². The highest BCUT2D eigenvalue weighted by Crippen LogP contribution is 2.13. The predicted octanol–water partition coefficient (Wildman–Crippen LogP) is 1.44. The van der Waals surface area contributed by atoms with Gasteiger partial charge in [-0.2, -0.15) is 5.10 Å². The molecular weight excluding hydrogens is 178 g/mol. The first-order valence-corrected chi connectivity index (χ1v) is 4.76. The third-order valence-electron chi connectivity index (χ3n) is 1.89. The van der Waals surface area contributed by atoms with Crippen molar-refractivity contribution < 1.29 is 4.79 Å². The van der Waals surface area contributed by atoms with Crippen molar-refractivity contribution in [2.45, 2.75) is 40.2 Å². The number of aromatic nitrogens is 2. The van der Waals surface area contributed by atoms with E-state index in [4.69, 9.17) is 5.73 Å². The molecular formula is C10H19N3O. The molecule has 0 aliphatic carbocycles. The fraction of sp³-hybridized carbons (Fsp3) is 0.600. The summed E-state index contributed by atoms with van der Waals surface area (Å²) in [5, 5.41) is 4.02. The third-order valence-corrected chi connectivity index (χ3v) is 1.89. The van der Waals surface area contributed by atoms with Crippen LogP contribution in [0.5, 0.6) is 0 Å². The molecule has 1 amide bonds. The molecule has 0 spiro atoms. The number of nitrogens with two attached hydrogens (primary N) is 1. The lowest BCUT2D eigenvalue weighted by Gasteiger charge is -2.20. The van der Waals surface area contributed by atoms with Crippen molar-refractivity contribution in [3.63, 3.8) is 0 Å². The molecule has 0 unspecified atom stereocenters. The van der Waals surface area contributed by atoms with Gasteiger partial charge >= 0.3 is 0 Å². The predicted molar refractivity (Wildman–Crippen MR) is 56.8 cm³/mol. The fourth-order valence-corrected chi connectivity index (χ4v) is 0.831. The SMILES string of the molecule is CC.Cc1cnn(C(C)(C)C(N)=O)c1. The average Bonchev–Trinajstić information content (AvgIpc) is 2.55. The van der Waals surface area contributed by atoms with Gasteiger partial charge in [-0.05, 0) is 26.3 Å². The largest absolute Gasteiger partial charge is 0.368 e. The highest BCUT2D eigenvalue weighted by molar-refractivity contribution is 5.81. The van der Waals surface area contributed by atoms with Gasteiger partial charge in [0.1, 0.15) is 5.54 Å². The van der Waals surface area contributed by atoms with Gasteiger partial charge in [-0.25, -0.2) is 0 Å². The Balaban J connectivity index is 0.000000791. The van der Waals surface area contributed by atoms with Gasteiger partial charge in [-0.15, -0.1) is 0 Å². The first kappa shape index (κ1) is 12.7. The number of amides is 1. The van der Waals surface area contributed by atoms with E-state index in [-0.39, 0.29) is 5.91 Å². The Morgan fingerprint density at radius 3 is 2.29 bits per heavy atom. The van der Waals surface area contributed by atoms with Gasteiger partial charge in [-0.1, -0.05) is 13.8 Å². The molecule has 80 valence electrons. The van der Waals surface area contributed by atoms with Gasteiger partial charge in [0, 0.05) is 6.20 Å². The smallest absolute Gasteiger partial charge is 0.244 e. The molecule has 14 heavy (non-hydrogen) atoms. The Kier molecular flexibility index (Phi) is 4.34. The lowest BCUT2D eigenvalue weighted by molar-refractivity contribution is -0.125. The zero-order valence-electron chi connectivity index (χ0n) is 9.53. The summed E-state index contributed by atoms with van der Waals surface area (Å²) in [4.78, 5) is 11.0. The van der Waals surface area contributed by atoms with Crippen molar-refractivity contribution in [1.82, 2.24) is 9.78 Å². The van der Waals surface area contributed by atoms with Crippen LogP contribution in [0.3, 0.4) is 0 Å². The maximum Gasteiger partial charge on any atom is 0.244 e. The summed E-state index contributed by atoms with van der Waals surface area (Å²) in [6.07, 6.45) is 3.50. The molecule has 1 rings (SSSR count). The Labute approximate surface area is 85.1 Å². The van der Waals surface area contributed by atoms with E-state index in [2.05, 4.69) is 5.10 Å². The lowest BCUT2D eigenvalue weighted by Crippen LogP contribution is -2.41. The van der Waals surface area contributed by atoms with Crippen LogP contribution < -0.4 is 5.73 Å². The second-order valence-corrected chi connectivity index (χ2v) is 3.39. The van der Waals surface area contributed by atoms with Crippen LogP contribution in [0.4, 0.5) is 0 Å². The van der Waals surface area contributed by atoms with Crippen LogP contribution in [0.15, 0.2) is 12.4 Å². The topological polar surface area (TPSA) is 60.9 Å². The summed E-state index contributed by atoms with van der Waals surface area (Å²) in [5.74, 6) is -0.384. The van der Waals surface area contributed by atoms with Crippen LogP contribution in [0.2, 0.25) is 0 Å². The van der Waals surface area contributed by atoms with Crippen LogP contribution in [-0.2, 0) is 10.3 Å². The molecule has 2 N–H and O–H groups in total. The van der Waals surface area contributed by atoms with E-state index < -0.39 is 5.54 Å². The van der Waals surface area contributed by atoms with Gasteiger partial charge < -0.3 is 5.73 Å². The number of carbonyl (C=O) groups excluding carboxylic acids is 1. The zero-order valence-corrected chi connectivity index (χ0v) is 9.53. The molecule has 4 heteroatoms. The minimum atomic E-state index is -0.742. The molecule has 1 aromatic rings. The van der Waals surface area contributed by atoms with E-state index in [1.54, 1.807) is 30.9 Å². The Bertz CT molecular complexity index is 302. The molecule has 0 radical (unpaired) electrons. The minimum absolute atomic E-state index is 0.384. The van der Waals surface area contributed by atoms with E-state index >= 15 is 0 Å². The van der Waals surface area contributed by atoms with Crippen molar-refractivity contribution in [3.8, 4) is 0 Å². The second kappa shape index (κ2) is 4.79. The minimum Gasteiger partial charge on any atom is -0.368 e. The van der Waals surface area contributed by atoms with Crippen molar-refractivity contribution in [3.05, 3.63) is 18.0 Å². The number of rotatable bonds is 2. The third kappa shape index (κ3) is 2.58. The van der Waals surface area contributed by atoms with Crippen LogP contribution in [-0.4, -0.2) is 15.7 Å². The maximum absolute atomic E-state index is 11.0. The number of primary amides is 1. The fourth-order valence-electron chi connectivity index (χ4n) is 0.831. The van der Waals surface area contributed by atoms with E-state index in [9.17, 15) is 4.79 Å². The Morgan fingerprint density at radius 1 is 1.50 bits per heavy atom. The normalized spacial score (nSPS) is 10.4. The quantitative estimate of drug-likeness (QED) is 0.779. The van der Waals surface area contributed by atoms with Gasteiger partial charge in [0.15, 0.2) is 0 Å². The highest BCUT2D eigenvalue weighted by atomic mass is 16.1. The van der Waals surface area contributed by atoms with Crippen molar-refractivity contribution in [2.24, 2.45) is 5.73 Å². The summed E-state index contributed by atoms with van der Waals surface area (Å²) >= 11 is 0. The van der Waals surface area contributed by atoms with E-state index in [1.165, 1.54) is 0 Å². The van der Waals surface area contributed by atoms with Crippen LogP contribution in [0.25, 0.3) is 0 Å². The second-order valence-electron chi connectivity index (χ2n) is 3.39. The molecule has 0 atom stereocenters. The molecule has 0 aliphatic heterocycles. The molecule has 0 saturated carbocycles. The number of hydrogen-bond acceptors (Lipinski definition) is 2. The molecule has 1 aromatic heterocycles. The number of aryl methyl sites for hydroxylation is 1. The molecule has 0 aliphatic rings. The summed E-state index contributed by atoms with van der Waals surface area (Å²) in [5.41, 5.74) is 5.49. The lowest BCUT2D eigenvalue weighted by atomic mass is 10.1. The standard InChI is InChI=1S/C8H13N3O.C2H6/c1-6-4-10-11(5-6)8(2,3)7(9)12;1-2/h4-5H,1-3H3,(H2,9,12);1-2H3. The van der Waals surface area contributed by atoms with E-state index in [0.717, 1.165) is 5.56 Å². The van der Waals surface area contributed by atoms with Crippen molar-refractivity contribution in [2.75, 3.05) is 0 Å². The Hall–Kier alpha value is -1.32. The summed E-state index contributed by atoms with van der Waals surface area (Å²) in [6.45, 7) is 9.39. The Morgan fingerprint density at radius 2 is 2.00 bits per heavy atom. The van der Waals surface area contributed by atoms with Crippen molar-refractivity contribution in [1.29, 1.82) is 0 Å². The highest BCUT2D eigenvalue weighted by Gasteiger charge is 2.27. The van der Waals surface area contributed by atoms with Crippen molar-refractivity contribution >= 4 is 5.91 Å². The molecule has 0 fully saturated rings. The van der Waals surface area contributed by atoms with Crippen LogP contribution in [0, 0.1) is 6.92 Å². The monoisotopic (exact) mass is 197 g/mol. The number of hydrogen-bond donors (Lipinski definition) is 1. The summed E-state index contributed by atoms with van der Waals surface area (Å²) in [7, 11) is 0. The first-order chi connectivity index (χ1) is 6.44. The first-order valence-electron chi connectivity index (χ1n) is 4.76. The average molecular weight is 197 g/mol. The molecule has 4 nitrogen and oxygen atoms in total. The van der Waals surface area contributed by atoms with Crippen LogP contribution >= 0.6 is 0 Å². The summed E-state index contributed by atoms with van der Waals surface area (Å²) in [6, 6.07) is 0. The molecule has 0 aromatic carbocycles. The molecule has 0 saturated heterocycles. The number of carbonyl (C=O) groups is 1. The maximum atomic E-state index is 11.0. The van der Waals surface area contributed by atoms with E-state index in [1.807, 2.05) is 20.8 Å².